The predicted molar refractivity (Wildman–Crippen MR) is 70.5 cm³/mol. The van der Waals surface area contributed by atoms with Gasteiger partial charge in [0.1, 0.15) is 11.9 Å². The van der Waals surface area contributed by atoms with E-state index >= 15 is 0 Å². The van der Waals surface area contributed by atoms with E-state index in [0.717, 1.165) is 11.8 Å². The first-order chi connectivity index (χ1) is 8.85. The topological polar surface area (TPSA) is 72.8 Å². The number of benzene rings is 1. The molecule has 1 saturated heterocycles. The van der Waals surface area contributed by atoms with Gasteiger partial charge >= 0.3 is 0 Å². The van der Waals surface area contributed by atoms with Crippen LogP contribution in [0.15, 0.2) is 24.3 Å². The molecule has 1 N–H and O–H groups in total. The second-order valence-corrected chi connectivity index (χ2v) is 7.07. The molecule has 1 fully saturated rings. The third-order valence-corrected chi connectivity index (χ3v) is 3.88. The molecule has 6 heteroatoms. The summed E-state index contributed by atoms with van der Waals surface area (Å²) >= 11 is 0. The highest BCUT2D eigenvalue weighted by Gasteiger charge is 2.45. The van der Waals surface area contributed by atoms with Crippen LogP contribution in [0.25, 0.3) is 0 Å². The van der Waals surface area contributed by atoms with Crippen LogP contribution in [-0.4, -0.2) is 44.9 Å². The Balaban J connectivity index is 2.40. The van der Waals surface area contributed by atoms with Gasteiger partial charge in [-0.05, 0) is 6.92 Å². The van der Waals surface area contributed by atoms with E-state index in [1.807, 2.05) is 25.1 Å². The first-order valence-electron chi connectivity index (χ1n) is 6.02. The van der Waals surface area contributed by atoms with Gasteiger partial charge in [0, 0.05) is 11.8 Å². The quantitative estimate of drug-likeness (QED) is 0.877. The zero-order valence-electron chi connectivity index (χ0n) is 11.0. The molecule has 1 aliphatic heterocycles. The van der Waals surface area contributed by atoms with Gasteiger partial charge in [-0.3, -0.25) is 0 Å². The predicted octanol–water partition coefficient (Wildman–Crippen LogP) is 0.600. The molecular weight excluding hydrogens is 268 g/mol. The highest BCUT2D eigenvalue weighted by atomic mass is 32.2. The van der Waals surface area contributed by atoms with Gasteiger partial charge in [-0.2, -0.15) is 0 Å². The van der Waals surface area contributed by atoms with Crippen LogP contribution in [0, 0.1) is 6.92 Å². The lowest BCUT2D eigenvalue weighted by atomic mass is 10.0. The fraction of sp³-hybridized carbons (Fsp3) is 0.538. The van der Waals surface area contributed by atoms with Crippen molar-refractivity contribution in [2.45, 2.75) is 18.8 Å². The standard InChI is InChI=1S/C13H18O5S/c1-10-4-3-5-11(6-10)13(9-19(2,15)16)17-8-12(7-14)18-13/h3-6,12,14H,7-9H2,1-2H3/t12-,13-/m1/s1. The second kappa shape index (κ2) is 5.20. The molecule has 2 atom stereocenters. The Hall–Kier alpha value is -0.950. The Morgan fingerprint density at radius 1 is 1.47 bits per heavy atom. The highest BCUT2D eigenvalue weighted by Crippen LogP contribution is 2.35. The van der Waals surface area contributed by atoms with E-state index in [2.05, 4.69) is 0 Å². The Bertz CT molecular complexity index is 554. The Morgan fingerprint density at radius 3 is 2.74 bits per heavy atom. The van der Waals surface area contributed by atoms with Crippen LogP contribution in [0.3, 0.4) is 0 Å². The van der Waals surface area contributed by atoms with Crippen molar-refractivity contribution < 1.29 is 23.0 Å². The van der Waals surface area contributed by atoms with Gasteiger partial charge in [0.15, 0.2) is 9.84 Å². The van der Waals surface area contributed by atoms with E-state index in [0.29, 0.717) is 5.56 Å². The summed E-state index contributed by atoms with van der Waals surface area (Å²) < 4.78 is 34.5. The molecule has 1 aromatic carbocycles. The van der Waals surface area contributed by atoms with E-state index in [-0.39, 0.29) is 19.0 Å². The number of rotatable bonds is 4. The maximum atomic E-state index is 11.6. The SMILES string of the molecule is Cc1cccc([C@]2(CS(C)(=O)=O)OC[C@@H](CO)O2)c1. The van der Waals surface area contributed by atoms with Gasteiger partial charge in [-0.15, -0.1) is 0 Å². The Morgan fingerprint density at radius 2 is 2.21 bits per heavy atom. The smallest absolute Gasteiger partial charge is 0.209 e. The summed E-state index contributed by atoms with van der Waals surface area (Å²) in [7, 11) is -3.29. The lowest BCUT2D eigenvalue weighted by Gasteiger charge is -2.28. The van der Waals surface area contributed by atoms with Crippen LogP contribution in [-0.2, 0) is 25.1 Å². The van der Waals surface area contributed by atoms with Crippen molar-refractivity contribution in [1.29, 1.82) is 0 Å². The van der Waals surface area contributed by atoms with Gasteiger partial charge in [-0.25, -0.2) is 8.42 Å². The third-order valence-electron chi connectivity index (χ3n) is 2.97. The van der Waals surface area contributed by atoms with E-state index in [1.165, 1.54) is 0 Å². The first-order valence-corrected chi connectivity index (χ1v) is 8.08. The van der Waals surface area contributed by atoms with E-state index < -0.39 is 21.7 Å². The molecule has 5 nitrogen and oxygen atoms in total. The van der Waals surface area contributed by atoms with Crippen molar-refractivity contribution in [3.05, 3.63) is 35.4 Å². The molecule has 0 unspecified atom stereocenters. The summed E-state index contributed by atoms with van der Waals surface area (Å²) in [6.45, 7) is 1.90. The number of ether oxygens (including phenoxy) is 2. The zero-order chi connectivity index (χ0) is 14.1. The van der Waals surface area contributed by atoms with Crippen LogP contribution in [0.1, 0.15) is 11.1 Å². The maximum Gasteiger partial charge on any atom is 0.209 e. The Kier molecular flexibility index (Phi) is 3.96. The van der Waals surface area contributed by atoms with Crippen molar-refractivity contribution in [2.75, 3.05) is 25.2 Å². The highest BCUT2D eigenvalue weighted by molar-refractivity contribution is 7.90. The van der Waals surface area contributed by atoms with Crippen LogP contribution in [0.5, 0.6) is 0 Å². The normalized spacial score (nSPS) is 27.6. The fourth-order valence-corrected chi connectivity index (χ4v) is 3.20. The lowest BCUT2D eigenvalue weighted by Crippen LogP contribution is -2.36. The number of aliphatic hydroxyl groups excluding tert-OH is 1. The molecule has 1 aromatic rings. The average Bonchev–Trinajstić information content (AvgIpc) is 2.71. The summed E-state index contributed by atoms with van der Waals surface area (Å²) in [4.78, 5) is 0. The first kappa shape index (κ1) is 14.5. The molecule has 1 heterocycles. The minimum atomic E-state index is -3.29. The number of aryl methyl sites for hydroxylation is 1. The maximum absolute atomic E-state index is 11.6. The van der Waals surface area contributed by atoms with Gasteiger partial charge in [0.25, 0.3) is 0 Å². The minimum Gasteiger partial charge on any atom is -0.394 e. The Labute approximate surface area is 113 Å². The van der Waals surface area contributed by atoms with E-state index in [4.69, 9.17) is 14.6 Å². The summed E-state index contributed by atoms with van der Waals surface area (Å²) in [5, 5.41) is 9.14. The largest absolute Gasteiger partial charge is 0.394 e. The molecule has 2 rings (SSSR count). The van der Waals surface area contributed by atoms with Crippen LogP contribution >= 0.6 is 0 Å². The fourth-order valence-electron chi connectivity index (χ4n) is 2.19. The summed E-state index contributed by atoms with van der Waals surface area (Å²) in [6, 6.07) is 7.35. The monoisotopic (exact) mass is 286 g/mol. The zero-order valence-corrected chi connectivity index (χ0v) is 11.8. The lowest BCUT2D eigenvalue weighted by molar-refractivity contribution is -0.162. The molecule has 106 valence electrons. The molecule has 0 radical (unpaired) electrons. The summed E-state index contributed by atoms with van der Waals surface area (Å²) in [5.74, 6) is -1.58. The summed E-state index contributed by atoms with van der Waals surface area (Å²) in [6.07, 6.45) is 0.644. The number of aliphatic hydroxyl groups is 1. The van der Waals surface area contributed by atoms with Crippen molar-refractivity contribution in [3.8, 4) is 0 Å². The van der Waals surface area contributed by atoms with Crippen LogP contribution in [0.4, 0.5) is 0 Å². The van der Waals surface area contributed by atoms with Gasteiger partial charge in [0.2, 0.25) is 5.79 Å². The van der Waals surface area contributed by atoms with Crippen molar-refractivity contribution >= 4 is 9.84 Å². The third kappa shape index (κ3) is 3.33. The molecule has 0 amide bonds. The van der Waals surface area contributed by atoms with Crippen LogP contribution in [0.2, 0.25) is 0 Å². The van der Waals surface area contributed by atoms with Crippen molar-refractivity contribution in [3.63, 3.8) is 0 Å². The number of hydrogen-bond donors (Lipinski definition) is 1. The molecule has 0 bridgehead atoms. The molecule has 1 aliphatic rings. The molecule has 19 heavy (non-hydrogen) atoms. The molecular formula is C13H18O5S. The van der Waals surface area contributed by atoms with Gasteiger partial charge in [-0.1, -0.05) is 29.8 Å². The molecule has 0 aliphatic carbocycles. The minimum absolute atomic E-state index is 0.181. The number of hydrogen-bond acceptors (Lipinski definition) is 5. The van der Waals surface area contributed by atoms with E-state index in [1.54, 1.807) is 6.07 Å². The number of sulfone groups is 1. The second-order valence-electron chi connectivity index (χ2n) is 4.93. The van der Waals surface area contributed by atoms with Gasteiger partial charge < -0.3 is 14.6 Å². The van der Waals surface area contributed by atoms with Gasteiger partial charge in [0.05, 0.1) is 13.2 Å². The van der Waals surface area contributed by atoms with E-state index in [9.17, 15) is 8.42 Å². The van der Waals surface area contributed by atoms with Crippen LogP contribution < -0.4 is 0 Å². The van der Waals surface area contributed by atoms with Crippen molar-refractivity contribution in [1.82, 2.24) is 0 Å². The van der Waals surface area contributed by atoms with Crippen molar-refractivity contribution in [2.24, 2.45) is 0 Å². The summed E-state index contributed by atoms with van der Waals surface area (Å²) in [5.41, 5.74) is 1.65. The average molecular weight is 286 g/mol. The molecule has 0 saturated carbocycles. The molecule has 0 aromatic heterocycles. The molecule has 0 spiro atoms.